The van der Waals surface area contributed by atoms with E-state index >= 15 is 0 Å². The molecule has 0 bridgehead atoms. The summed E-state index contributed by atoms with van der Waals surface area (Å²) in [7, 11) is 4.22. The Morgan fingerprint density at radius 3 is 2.60 bits per heavy atom. The molecule has 0 aliphatic rings. The number of unbranched alkanes of at least 4 members (excludes halogenated alkanes) is 2. The van der Waals surface area contributed by atoms with Gasteiger partial charge in [-0.25, -0.2) is 0 Å². The van der Waals surface area contributed by atoms with Gasteiger partial charge in [0.25, 0.3) is 0 Å². The van der Waals surface area contributed by atoms with Gasteiger partial charge in [-0.3, -0.25) is 0 Å². The van der Waals surface area contributed by atoms with Crippen LogP contribution in [0, 0.1) is 0 Å². The van der Waals surface area contributed by atoms with E-state index in [1.165, 1.54) is 24.8 Å². The molecule has 3 heteroatoms. The summed E-state index contributed by atoms with van der Waals surface area (Å²) in [5, 5.41) is 3.42. The summed E-state index contributed by atoms with van der Waals surface area (Å²) in [4.78, 5) is 2.40. The zero-order chi connectivity index (χ0) is 14.8. The molecule has 0 spiro atoms. The number of benzene rings is 1. The standard InChI is InChI=1S/C17H30N2O/c1-5-7-10-13-19(4)14-16(18-3)15-11-8-9-12-17(15)20-6-2/h8-9,11-12,16,18H,5-7,10,13-14H2,1-4H3. The molecule has 0 aliphatic heterocycles. The highest BCUT2D eigenvalue weighted by Gasteiger charge is 2.15. The lowest BCUT2D eigenvalue weighted by molar-refractivity contribution is 0.281. The van der Waals surface area contributed by atoms with Crippen LogP contribution < -0.4 is 10.1 Å². The van der Waals surface area contributed by atoms with Gasteiger partial charge < -0.3 is 15.0 Å². The summed E-state index contributed by atoms with van der Waals surface area (Å²) in [5.74, 6) is 0.997. The quantitative estimate of drug-likeness (QED) is 0.663. The number of nitrogens with one attached hydrogen (secondary N) is 1. The van der Waals surface area contributed by atoms with Gasteiger partial charge in [0.15, 0.2) is 0 Å². The molecule has 1 rings (SSSR count). The second kappa shape index (κ2) is 9.78. The van der Waals surface area contributed by atoms with E-state index in [-0.39, 0.29) is 0 Å². The third-order valence-corrected chi connectivity index (χ3v) is 3.58. The van der Waals surface area contributed by atoms with Crippen molar-refractivity contribution in [3.05, 3.63) is 29.8 Å². The molecular formula is C17H30N2O. The Balaban J connectivity index is 2.65. The van der Waals surface area contributed by atoms with Crippen LogP contribution in [0.3, 0.4) is 0 Å². The first kappa shape index (κ1) is 17.0. The highest BCUT2D eigenvalue weighted by Crippen LogP contribution is 2.25. The van der Waals surface area contributed by atoms with Crippen molar-refractivity contribution >= 4 is 0 Å². The van der Waals surface area contributed by atoms with Gasteiger partial charge in [-0.1, -0.05) is 38.0 Å². The predicted molar refractivity (Wildman–Crippen MR) is 86.4 cm³/mol. The van der Waals surface area contributed by atoms with Gasteiger partial charge in [0.05, 0.1) is 6.61 Å². The topological polar surface area (TPSA) is 24.5 Å². The highest BCUT2D eigenvalue weighted by molar-refractivity contribution is 5.36. The molecule has 20 heavy (non-hydrogen) atoms. The smallest absolute Gasteiger partial charge is 0.124 e. The van der Waals surface area contributed by atoms with Crippen LogP contribution in [0.4, 0.5) is 0 Å². The lowest BCUT2D eigenvalue weighted by Crippen LogP contribution is -2.32. The van der Waals surface area contributed by atoms with Crippen LogP contribution >= 0.6 is 0 Å². The van der Waals surface area contributed by atoms with Gasteiger partial charge in [-0.05, 0) is 40.1 Å². The van der Waals surface area contributed by atoms with Crippen molar-refractivity contribution in [3.63, 3.8) is 0 Å². The highest BCUT2D eigenvalue weighted by atomic mass is 16.5. The minimum absolute atomic E-state index is 0.310. The van der Waals surface area contributed by atoms with Gasteiger partial charge in [-0.2, -0.15) is 0 Å². The molecule has 0 aliphatic carbocycles. The molecule has 1 aromatic carbocycles. The van der Waals surface area contributed by atoms with Gasteiger partial charge in [0.2, 0.25) is 0 Å². The Bertz CT molecular complexity index is 368. The van der Waals surface area contributed by atoms with E-state index < -0.39 is 0 Å². The summed E-state index contributed by atoms with van der Waals surface area (Å²) in [6.07, 6.45) is 3.86. The SMILES string of the molecule is CCCCCN(C)CC(NC)c1ccccc1OCC. The molecule has 1 N–H and O–H groups in total. The van der Waals surface area contributed by atoms with E-state index in [4.69, 9.17) is 4.74 Å². The Labute approximate surface area is 124 Å². The van der Waals surface area contributed by atoms with Crippen molar-refractivity contribution in [1.29, 1.82) is 0 Å². The summed E-state index contributed by atoms with van der Waals surface area (Å²) < 4.78 is 5.74. The summed E-state index contributed by atoms with van der Waals surface area (Å²) in [5.41, 5.74) is 1.25. The van der Waals surface area contributed by atoms with E-state index in [1.54, 1.807) is 0 Å². The van der Waals surface area contributed by atoms with E-state index in [9.17, 15) is 0 Å². The summed E-state index contributed by atoms with van der Waals surface area (Å²) in [6.45, 7) is 7.14. The molecule has 0 saturated heterocycles. The fraction of sp³-hybridized carbons (Fsp3) is 0.647. The summed E-state index contributed by atoms with van der Waals surface area (Å²) in [6, 6.07) is 8.64. The zero-order valence-corrected chi connectivity index (χ0v) is 13.5. The first-order valence-corrected chi connectivity index (χ1v) is 7.80. The Kier molecular flexibility index (Phi) is 8.31. The first-order chi connectivity index (χ1) is 9.72. The van der Waals surface area contributed by atoms with E-state index in [1.807, 2.05) is 20.0 Å². The van der Waals surface area contributed by atoms with E-state index in [2.05, 4.69) is 42.4 Å². The Morgan fingerprint density at radius 2 is 1.95 bits per heavy atom. The maximum atomic E-state index is 5.74. The molecule has 3 nitrogen and oxygen atoms in total. The molecular weight excluding hydrogens is 248 g/mol. The number of nitrogens with zero attached hydrogens (tertiary/aromatic N) is 1. The summed E-state index contributed by atoms with van der Waals surface area (Å²) >= 11 is 0. The predicted octanol–water partition coefficient (Wildman–Crippen LogP) is 3.47. The minimum atomic E-state index is 0.310. The molecule has 0 radical (unpaired) electrons. The molecule has 0 fully saturated rings. The van der Waals surface area contributed by atoms with Gasteiger partial charge >= 0.3 is 0 Å². The average molecular weight is 278 g/mol. The van der Waals surface area contributed by atoms with Crippen LogP contribution in [0.1, 0.15) is 44.7 Å². The van der Waals surface area contributed by atoms with Crippen molar-refractivity contribution in [3.8, 4) is 5.75 Å². The molecule has 1 atom stereocenters. The number of rotatable bonds is 10. The van der Waals surface area contributed by atoms with E-state index in [0.29, 0.717) is 12.6 Å². The minimum Gasteiger partial charge on any atom is -0.494 e. The third-order valence-electron chi connectivity index (χ3n) is 3.58. The number of hydrogen-bond acceptors (Lipinski definition) is 3. The Morgan fingerprint density at radius 1 is 1.20 bits per heavy atom. The molecule has 0 saturated carbocycles. The van der Waals surface area contributed by atoms with Crippen LogP contribution in [-0.2, 0) is 0 Å². The Hall–Kier alpha value is -1.06. The lowest BCUT2D eigenvalue weighted by Gasteiger charge is -2.25. The number of hydrogen-bond donors (Lipinski definition) is 1. The molecule has 114 valence electrons. The van der Waals surface area contributed by atoms with E-state index in [0.717, 1.165) is 18.8 Å². The molecule has 0 aromatic heterocycles. The normalized spacial score (nSPS) is 12.7. The zero-order valence-electron chi connectivity index (χ0n) is 13.5. The van der Waals surface area contributed by atoms with Crippen LogP contribution in [-0.4, -0.2) is 38.7 Å². The average Bonchev–Trinajstić information content (AvgIpc) is 2.46. The monoisotopic (exact) mass is 278 g/mol. The molecule has 1 unspecified atom stereocenters. The van der Waals surface area contributed by atoms with Crippen LogP contribution in [0.25, 0.3) is 0 Å². The van der Waals surface area contributed by atoms with Crippen molar-refractivity contribution in [2.24, 2.45) is 0 Å². The lowest BCUT2D eigenvalue weighted by atomic mass is 10.1. The molecule has 0 heterocycles. The fourth-order valence-corrected chi connectivity index (χ4v) is 2.44. The van der Waals surface area contributed by atoms with Crippen LogP contribution in [0.5, 0.6) is 5.75 Å². The second-order valence-electron chi connectivity index (χ2n) is 5.28. The van der Waals surface area contributed by atoms with Gasteiger partial charge in [-0.15, -0.1) is 0 Å². The fourth-order valence-electron chi connectivity index (χ4n) is 2.44. The van der Waals surface area contributed by atoms with Crippen molar-refractivity contribution in [1.82, 2.24) is 10.2 Å². The van der Waals surface area contributed by atoms with Crippen molar-refractivity contribution < 1.29 is 4.74 Å². The number of likely N-dealkylation sites (N-methyl/N-ethyl adjacent to an activating group) is 2. The molecule has 1 aromatic rings. The maximum absolute atomic E-state index is 5.74. The van der Waals surface area contributed by atoms with Crippen LogP contribution in [0.2, 0.25) is 0 Å². The molecule has 0 amide bonds. The van der Waals surface area contributed by atoms with Gasteiger partial charge in [0.1, 0.15) is 5.75 Å². The third kappa shape index (κ3) is 5.51. The first-order valence-electron chi connectivity index (χ1n) is 7.80. The largest absolute Gasteiger partial charge is 0.494 e. The second-order valence-corrected chi connectivity index (χ2v) is 5.28. The van der Waals surface area contributed by atoms with Crippen molar-refractivity contribution in [2.45, 2.75) is 39.2 Å². The number of ether oxygens (including phenoxy) is 1. The maximum Gasteiger partial charge on any atom is 0.124 e. The van der Waals surface area contributed by atoms with Crippen molar-refractivity contribution in [2.75, 3.05) is 33.8 Å². The van der Waals surface area contributed by atoms with Gasteiger partial charge in [0, 0.05) is 18.2 Å². The number of para-hydroxylation sites is 1. The van der Waals surface area contributed by atoms with Crippen LogP contribution in [0.15, 0.2) is 24.3 Å².